The fourth-order valence-electron chi connectivity index (χ4n) is 2.03. The average molecular weight is 252 g/mol. The van der Waals surface area contributed by atoms with Crippen LogP contribution in [0.3, 0.4) is 0 Å². The monoisotopic (exact) mass is 252 g/mol. The minimum atomic E-state index is -1.47. The normalized spacial score (nSPS) is 11.8. The third kappa shape index (κ3) is 3.94. The second-order valence-electron chi connectivity index (χ2n) is 4.51. The summed E-state index contributed by atoms with van der Waals surface area (Å²) >= 11 is 0. The van der Waals surface area contributed by atoms with Crippen molar-refractivity contribution in [3.05, 3.63) is 35.4 Å². The lowest BCUT2D eigenvalue weighted by Gasteiger charge is -2.28. The number of rotatable bonds is 7. The van der Waals surface area contributed by atoms with Gasteiger partial charge in [-0.15, -0.1) is 0 Å². The van der Waals surface area contributed by atoms with Gasteiger partial charge in [0.1, 0.15) is 0 Å². The maximum Gasteiger partial charge on any atom is 0.192 e. The molecule has 3 heteroatoms. The molecule has 0 saturated heterocycles. The van der Waals surface area contributed by atoms with Gasteiger partial charge in [-0.25, -0.2) is 0 Å². The summed E-state index contributed by atoms with van der Waals surface area (Å²) in [5, 5.41) is 8.98. The number of aliphatic hydroxyl groups is 1. The molecule has 0 heterocycles. The third-order valence-electron chi connectivity index (χ3n) is 3.68. The van der Waals surface area contributed by atoms with Crippen molar-refractivity contribution in [3.63, 3.8) is 0 Å². The summed E-state index contributed by atoms with van der Waals surface area (Å²) < 4.78 is 6.21. The zero-order valence-corrected chi connectivity index (χ0v) is 12.2. The lowest BCUT2D eigenvalue weighted by molar-refractivity contribution is 0.280. The summed E-state index contributed by atoms with van der Waals surface area (Å²) in [7, 11) is -1.47. The van der Waals surface area contributed by atoms with E-state index < -0.39 is 8.32 Å². The Kier molecular flexibility index (Phi) is 5.89. The molecular weight excluding hydrogens is 228 g/mol. The van der Waals surface area contributed by atoms with E-state index >= 15 is 0 Å². The second kappa shape index (κ2) is 6.94. The van der Waals surface area contributed by atoms with Crippen molar-refractivity contribution in [2.24, 2.45) is 0 Å². The Bertz CT molecular complexity index is 309. The van der Waals surface area contributed by atoms with Crippen LogP contribution in [-0.2, 0) is 17.6 Å². The first kappa shape index (κ1) is 14.4. The van der Waals surface area contributed by atoms with E-state index in [2.05, 4.69) is 20.8 Å². The van der Waals surface area contributed by atoms with Crippen LogP contribution in [0.5, 0.6) is 0 Å². The average Bonchev–Trinajstić information content (AvgIpc) is 2.41. The fraction of sp³-hybridized carbons (Fsp3) is 0.571. The van der Waals surface area contributed by atoms with Crippen LogP contribution in [0.4, 0.5) is 0 Å². The van der Waals surface area contributed by atoms with E-state index in [9.17, 15) is 0 Å². The second-order valence-corrected chi connectivity index (χ2v) is 9.28. The first-order chi connectivity index (χ1) is 8.19. The smallest absolute Gasteiger partial charge is 0.192 e. The summed E-state index contributed by atoms with van der Waals surface area (Å²) in [6.07, 6.45) is 0. The Hall–Kier alpha value is -0.643. The number of hydrogen-bond acceptors (Lipinski definition) is 2. The van der Waals surface area contributed by atoms with E-state index in [-0.39, 0.29) is 6.61 Å². The van der Waals surface area contributed by atoms with Gasteiger partial charge in [0.15, 0.2) is 8.32 Å². The van der Waals surface area contributed by atoms with Gasteiger partial charge in [-0.3, -0.25) is 0 Å². The summed E-state index contributed by atoms with van der Waals surface area (Å²) in [5.74, 6) is 0. The summed E-state index contributed by atoms with van der Waals surface area (Å²) in [6.45, 7) is 7.56. The zero-order valence-electron chi connectivity index (χ0n) is 11.2. The van der Waals surface area contributed by atoms with Crippen LogP contribution in [0.2, 0.25) is 18.1 Å². The quantitative estimate of drug-likeness (QED) is 0.750. The summed E-state index contributed by atoms with van der Waals surface area (Å²) in [5.41, 5.74) is 2.16. The molecular formula is C14H24O2Si. The lowest BCUT2D eigenvalue weighted by atomic mass is 10.1. The Morgan fingerprint density at radius 3 is 1.82 bits per heavy atom. The van der Waals surface area contributed by atoms with Crippen LogP contribution < -0.4 is 0 Å². The largest absolute Gasteiger partial charge is 0.413 e. The number of benzene rings is 1. The van der Waals surface area contributed by atoms with Crippen molar-refractivity contribution in [2.75, 3.05) is 0 Å². The predicted molar refractivity (Wildman–Crippen MR) is 74.4 cm³/mol. The summed E-state index contributed by atoms with van der Waals surface area (Å²) in [6, 6.07) is 11.6. The maximum atomic E-state index is 8.98. The Morgan fingerprint density at radius 1 is 0.941 bits per heavy atom. The van der Waals surface area contributed by atoms with Gasteiger partial charge in [-0.2, -0.15) is 0 Å². The molecule has 0 aliphatic carbocycles. The molecule has 0 radical (unpaired) electrons. The molecule has 0 aromatic heterocycles. The summed E-state index contributed by atoms with van der Waals surface area (Å²) in [4.78, 5) is 0. The van der Waals surface area contributed by atoms with E-state index in [0.29, 0.717) is 6.61 Å². The SMILES string of the molecule is CC[Si](CC)(CC)OCc1ccc(CO)cc1. The fourth-order valence-corrected chi connectivity index (χ4v) is 4.62. The van der Waals surface area contributed by atoms with Crippen LogP contribution in [0.1, 0.15) is 31.9 Å². The van der Waals surface area contributed by atoms with Gasteiger partial charge in [0.25, 0.3) is 0 Å². The minimum Gasteiger partial charge on any atom is -0.413 e. The van der Waals surface area contributed by atoms with E-state index in [1.54, 1.807) is 0 Å². The molecule has 1 rings (SSSR count). The van der Waals surface area contributed by atoms with Crippen LogP contribution in [0.25, 0.3) is 0 Å². The molecule has 0 aliphatic rings. The molecule has 0 aliphatic heterocycles. The third-order valence-corrected chi connectivity index (χ3v) is 8.31. The molecule has 1 aromatic rings. The zero-order chi connectivity index (χ0) is 12.7. The molecule has 0 atom stereocenters. The van der Waals surface area contributed by atoms with Crippen molar-refractivity contribution in [2.45, 2.75) is 52.1 Å². The standard InChI is InChI=1S/C14H24O2Si/c1-4-17(5-2,6-3)16-12-14-9-7-13(11-15)8-10-14/h7-10,15H,4-6,11-12H2,1-3H3. The highest BCUT2D eigenvalue weighted by molar-refractivity contribution is 6.73. The lowest BCUT2D eigenvalue weighted by Crippen LogP contribution is -2.35. The topological polar surface area (TPSA) is 29.5 Å². The van der Waals surface area contributed by atoms with Gasteiger partial charge < -0.3 is 9.53 Å². The van der Waals surface area contributed by atoms with E-state index in [0.717, 1.165) is 5.56 Å². The molecule has 17 heavy (non-hydrogen) atoms. The molecule has 0 saturated carbocycles. The van der Waals surface area contributed by atoms with Crippen LogP contribution in [0.15, 0.2) is 24.3 Å². The van der Waals surface area contributed by atoms with Crippen molar-refractivity contribution in [1.29, 1.82) is 0 Å². The minimum absolute atomic E-state index is 0.110. The maximum absolute atomic E-state index is 8.98. The molecule has 0 amide bonds. The number of aliphatic hydroxyl groups excluding tert-OH is 1. The van der Waals surface area contributed by atoms with Crippen molar-refractivity contribution in [3.8, 4) is 0 Å². The molecule has 1 N–H and O–H groups in total. The molecule has 2 nitrogen and oxygen atoms in total. The predicted octanol–water partition coefficient (Wildman–Crippen LogP) is 3.70. The van der Waals surface area contributed by atoms with Gasteiger partial charge in [0.2, 0.25) is 0 Å². The highest BCUT2D eigenvalue weighted by Crippen LogP contribution is 2.23. The molecule has 1 aromatic carbocycles. The Labute approximate surface area is 106 Å². The van der Waals surface area contributed by atoms with Crippen LogP contribution in [-0.4, -0.2) is 13.4 Å². The van der Waals surface area contributed by atoms with Crippen LogP contribution in [0, 0.1) is 0 Å². The molecule has 96 valence electrons. The van der Waals surface area contributed by atoms with Gasteiger partial charge in [-0.1, -0.05) is 45.0 Å². The molecule has 0 unspecified atom stereocenters. The number of hydrogen-bond donors (Lipinski definition) is 1. The van der Waals surface area contributed by atoms with Crippen molar-refractivity contribution in [1.82, 2.24) is 0 Å². The molecule has 0 spiro atoms. The van der Waals surface area contributed by atoms with Crippen molar-refractivity contribution >= 4 is 8.32 Å². The van der Waals surface area contributed by atoms with E-state index in [1.165, 1.54) is 23.7 Å². The first-order valence-corrected chi connectivity index (χ1v) is 9.05. The van der Waals surface area contributed by atoms with Crippen LogP contribution >= 0.6 is 0 Å². The van der Waals surface area contributed by atoms with E-state index in [4.69, 9.17) is 9.53 Å². The Morgan fingerprint density at radius 2 is 1.41 bits per heavy atom. The highest BCUT2D eigenvalue weighted by atomic mass is 28.4. The molecule has 0 bridgehead atoms. The van der Waals surface area contributed by atoms with Gasteiger partial charge >= 0.3 is 0 Å². The van der Waals surface area contributed by atoms with E-state index in [1.807, 2.05) is 24.3 Å². The molecule has 0 fully saturated rings. The first-order valence-electron chi connectivity index (χ1n) is 6.52. The van der Waals surface area contributed by atoms with Gasteiger partial charge in [-0.05, 0) is 29.3 Å². The van der Waals surface area contributed by atoms with Crippen molar-refractivity contribution < 1.29 is 9.53 Å². The van der Waals surface area contributed by atoms with Gasteiger partial charge in [0, 0.05) is 0 Å². The highest BCUT2D eigenvalue weighted by Gasteiger charge is 2.28. The van der Waals surface area contributed by atoms with Gasteiger partial charge in [0.05, 0.1) is 13.2 Å². The Balaban J connectivity index is 2.59.